The second-order valence-corrected chi connectivity index (χ2v) is 4.83. The number of nitrogens with zero attached hydrogens (tertiary/aromatic N) is 3. The molecule has 0 saturated carbocycles. The van der Waals surface area contributed by atoms with Crippen LogP contribution >= 0.6 is 0 Å². The Morgan fingerprint density at radius 2 is 2.28 bits per heavy atom. The van der Waals surface area contributed by atoms with E-state index in [0.717, 1.165) is 0 Å². The van der Waals surface area contributed by atoms with Crippen LogP contribution in [0.25, 0.3) is 0 Å². The Bertz CT molecular complexity index is 428. The molecule has 0 saturated heterocycles. The van der Waals surface area contributed by atoms with Crippen molar-refractivity contribution in [3.8, 4) is 0 Å². The van der Waals surface area contributed by atoms with Crippen LogP contribution in [0.1, 0.15) is 32.6 Å². The number of imidazole rings is 1. The van der Waals surface area contributed by atoms with E-state index in [2.05, 4.69) is 4.98 Å². The summed E-state index contributed by atoms with van der Waals surface area (Å²) in [5, 5.41) is 21.0. The molecule has 1 heterocycles. The number of hydrogen-bond acceptors (Lipinski definition) is 5. The molecule has 1 atom stereocenters. The summed E-state index contributed by atoms with van der Waals surface area (Å²) < 4.78 is 6.60. The van der Waals surface area contributed by atoms with E-state index < -0.39 is 16.4 Å². The molecule has 0 bridgehead atoms. The largest absolute Gasteiger partial charge is 0.434 e. The Morgan fingerprint density at radius 3 is 2.72 bits per heavy atom. The minimum Gasteiger partial charge on any atom is -0.390 e. The van der Waals surface area contributed by atoms with Gasteiger partial charge >= 0.3 is 5.95 Å². The summed E-state index contributed by atoms with van der Waals surface area (Å²) in [6.45, 7) is 6.47. The van der Waals surface area contributed by atoms with E-state index in [1.54, 1.807) is 0 Å². The molecule has 0 radical (unpaired) electrons. The van der Waals surface area contributed by atoms with Crippen molar-refractivity contribution in [1.29, 1.82) is 0 Å². The highest BCUT2D eigenvalue weighted by Gasteiger charge is 2.35. The average Bonchev–Trinajstić information content (AvgIpc) is 2.67. The van der Waals surface area contributed by atoms with Crippen LogP contribution in [0.5, 0.6) is 0 Å². The van der Waals surface area contributed by atoms with Crippen LogP contribution in [0.2, 0.25) is 0 Å². The van der Waals surface area contributed by atoms with Crippen molar-refractivity contribution in [3.05, 3.63) is 22.0 Å². The van der Waals surface area contributed by atoms with E-state index >= 15 is 0 Å². The molecule has 102 valence electrons. The average molecular weight is 257 g/mol. The number of ether oxygens (including phenoxy) is 1. The number of rotatable bonds is 6. The van der Waals surface area contributed by atoms with Crippen LogP contribution in [0.15, 0.2) is 6.20 Å². The summed E-state index contributed by atoms with van der Waals surface area (Å²) in [5.74, 6) is -0.281. The lowest BCUT2D eigenvalue weighted by molar-refractivity contribution is -0.396. The monoisotopic (exact) mass is 257 g/mol. The molecule has 1 rings (SSSR count). The molecular weight excluding hydrogens is 238 g/mol. The molecule has 0 spiro atoms. The predicted octanol–water partition coefficient (Wildman–Crippen LogP) is 1.42. The van der Waals surface area contributed by atoms with Gasteiger partial charge in [-0.1, -0.05) is 18.8 Å². The molecule has 1 N–H and O–H groups in total. The summed E-state index contributed by atoms with van der Waals surface area (Å²) in [5.41, 5.74) is -0.135. The smallest absolute Gasteiger partial charge is 0.390 e. The van der Waals surface area contributed by atoms with Crippen molar-refractivity contribution in [2.75, 3.05) is 13.2 Å². The maximum atomic E-state index is 10.7. The first-order chi connectivity index (χ1) is 8.31. The Hall–Kier alpha value is -1.47. The Balaban J connectivity index is 2.96. The van der Waals surface area contributed by atoms with Crippen molar-refractivity contribution in [3.63, 3.8) is 0 Å². The number of aliphatic hydroxyl groups excluding tert-OH is 1. The second-order valence-electron chi connectivity index (χ2n) is 4.83. The molecule has 1 aromatic rings. The van der Waals surface area contributed by atoms with Gasteiger partial charge in [0.15, 0.2) is 0 Å². The van der Waals surface area contributed by atoms with Gasteiger partial charge in [0.25, 0.3) is 0 Å². The lowest BCUT2D eigenvalue weighted by Gasteiger charge is -2.28. The van der Waals surface area contributed by atoms with Gasteiger partial charge in [-0.15, -0.1) is 0 Å². The fraction of sp³-hybridized carbons (Fsp3) is 0.727. The van der Waals surface area contributed by atoms with E-state index in [1.165, 1.54) is 17.8 Å². The first-order valence-electron chi connectivity index (χ1n) is 5.73. The van der Waals surface area contributed by atoms with Crippen molar-refractivity contribution in [1.82, 2.24) is 9.55 Å². The predicted molar refractivity (Wildman–Crippen MR) is 65.1 cm³/mol. The molecule has 1 aromatic heterocycles. The second kappa shape index (κ2) is 5.45. The zero-order valence-electron chi connectivity index (χ0n) is 11.1. The fourth-order valence-corrected chi connectivity index (χ4v) is 1.68. The lowest BCUT2D eigenvalue weighted by Crippen LogP contribution is -2.29. The maximum Gasteiger partial charge on any atom is 0.434 e. The third kappa shape index (κ3) is 2.85. The first-order valence-corrected chi connectivity index (χ1v) is 5.73. The molecule has 7 heteroatoms. The van der Waals surface area contributed by atoms with Gasteiger partial charge in [0.1, 0.15) is 18.0 Å². The Kier molecular flexibility index (Phi) is 4.42. The number of aliphatic hydroxyl groups is 1. The van der Waals surface area contributed by atoms with Crippen molar-refractivity contribution in [2.45, 2.75) is 26.9 Å². The van der Waals surface area contributed by atoms with Crippen LogP contribution in [0.4, 0.5) is 5.95 Å². The van der Waals surface area contributed by atoms with Gasteiger partial charge in [0.05, 0.1) is 13.7 Å². The third-order valence-electron chi connectivity index (χ3n) is 2.86. The molecule has 0 aliphatic rings. The van der Waals surface area contributed by atoms with Crippen LogP contribution in [-0.2, 0) is 11.8 Å². The SMILES string of the molecule is CCOCC(C)(C)C(O)c1cnc([N+](=O)[O-])n1C. The topological polar surface area (TPSA) is 90.4 Å². The highest BCUT2D eigenvalue weighted by Crippen LogP contribution is 2.34. The Morgan fingerprint density at radius 1 is 1.67 bits per heavy atom. The molecule has 0 aliphatic carbocycles. The van der Waals surface area contributed by atoms with Crippen molar-refractivity contribution in [2.24, 2.45) is 12.5 Å². The normalized spacial score (nSPS) is 13.6. The molecular formula is C11H19N3O4. The minimum atomic E-state index is -0.879. The van der Waals surface area contributed by atoms with Crippen LogP contribution < -0.4 is 0 Å². The summed E-state index contributed by atoms with van der Waals surface area (Å²) >= 11 is 0. The molecule has 0 fully saturated rings. The number of aromatic nitrogens is 2. The molecule has 7 nitrogen and oxygen atoms in total. The van der Waals surface area contributed by atoms with E-state index in [9.17, 15) is 15.2 Å². The molecule has 0 aromatic carbocycles. The lowest BCUT2D eigenvalue weighted by atomic mass is 9.86. The number of nitro groups is 1. The van der Waals surface area contributed by atoms with Crippen LogP contribution in [0, 0.1) is 15.5 Å². The van der Waals surface area contributed by atoms with E-state index in [4.69, 9.17) is 4.74 Å². The maximum absolute atomic E-state index is 10.7. The quantitative estimate of drug-likeness (QED) is 0.615. The molecule has 0 amide bonds. The summed E-state index contributed by atoms with van der Waals surface area (Å²) in [7, 11) is 1.51. The zero-order valence-corrected chi connectivity index (χ0v) is 11.1. The van der Waals surface area contributed by atoms with Gasteiger partial charge in [-0.2, -0.15) is 0 Å². The third-order valence-corrected chi connectivity index (χ3v) is 2.86. The Labute approximate surface area is 106 Å². The fourth-order valence-electron chi connectivity index (χ4n) is 1.68. The van der Waals surface area contributed by atoms with Gasteiger partial charge in [0.2, 0.25) is 0 Å². The standard InChI is InChI=1S/C11H19N3O4/c1-5-18-7-11(2,3)9(15)8-6-12-10(13(8)4)14(16)17/h6,9,15H,5,7H2,1-4H3. The van der Waals surface area contributed by atoms with E-state index in [-0.39, 0.29) is 5.95 Å². The van der Waals surface area contributed by atoms with Crippen LogP contribution in [-0.4, -0.2) is 32.8 Å². The van der Waals surface area contributed by atoms with E-state index in [0.29, 0.717) is 18.9 Å². The van der Waals surface area contributed by atoms with Crippen molar-refractivity contribution < 1.29 is 14.8 Å². The zero-order chi connectivity index (χ0) is 13.9. The molecule has 0 aliphatic heterocycles. The van der Waals surface area contributed by atoms with Gasteiger partial charge < -0.3 is 20.0 Å². The van der Waals surface area contributed by atoms with Gasteiger partial charge in [0, 0.05) is 12.0 Å². The summed E-state index contributed by atoms with van der Waals surface area (Å²) in [6, 6.07) is 0. The van der Waals surface area contributed by atoms with E-state index in [1.807, 2.05) is 20.8 Å². The highest BCUT2D eigenvalue weighted by molar-refractivity contribution is 5.18. The molecule has 1 unspecified atom stereocenters. The highest BCUT2D eigenvalue weighted by atomic mass is 16.6. The van der Waals surface area contributed by atoms with Gasteiger partial charge in [-0.25, -0.2) is 4.57 Å². The molecule has 18 heavy (non-hydrogen) atoms. The van der Waals surface area contributed by atoms with Crippen LogP contribution in [0.3, 0.4) is 0 Å². The summed E-state index contributed by atoms with van der Waals surface area (Å²) in [4.78, 5) is 13.8. The number of hydrogen-bond donors (Lipinski definition) is 1. The van der Waals surface area contributed by atoms with Gasteiger partial charge in [-0.3, -0.25) is 0 Å². The minimum absolute atomic E-state index is 0.281. The first kappa shape index (κ1) is 14.6. The summed E-state index contributed by atoms with van der Waals surface area (Å²) in [6.07, 6.45) is 0.450. The van der Waals surface area contributed by atoms with Gasteiger partial charge in [-0.05, 0) is 11.8 Å². The van der Waals surface area contributed by atoms with Crippen molar-refractivity contribution >= 4 is 5.95 Å².